The van der Waals surface area contributed by atoms with Crippen LogP contribution in [-0.4, -0.2) is 291 Å². The number of nitrogens with one attached hydrogen (secondary N) is 2. The summed E-state index contributed by atoms with van der Waals surface area (Å²) < 4.78 is 26.1. The number of likely N-dealkylation sites (N-methyl/N-ethyl adjacent to an activating group) is 1. The molecule has 103 heavy (non-hydrogen) atoms. The molecule has 0 spiro atoms. The number of carbonyl (C=O) groups excluding carboxylic acids is 7. The Bertz CT molecular complexity index is 3580. The molecule has 0 aromatic carbocycles. The highest BCUT2D eigenvalue weighted by atomic mass is 79.9. The normalized spacial score (nSPS) is 20.8. The van der Waals surface area contributed by atoms with Gasteiger partial charge in [-0.2, -0.15) is 15.6 Å². The van der Waals surface area contributed by atoms with Gasteiger partial charge < -0.3 is 80.1 Å². The third-order valence-corrected chi connectivity index (χ3v) is 15.2. The Balaban J connectivity index is 0.000000193. The van der Waals surface area contributed by atoms with Gasteiger partial charge in [0.2, 0.25) is 29.5 Å². The highest BCUT2D eigenvalue weighted by Crippen LogP contribution is 2.30. The lowest BCUT2D eigenvalue weighted by molar-refractivity contribution is -0.148. The van der Waals surface area contributed by atoms with Crippen molar-refractivity contribution < 1.29 is 80.1 Å². The number of rotatable bonds is 29. The summed E-state index contributed by atoms with van der Waals surface area (Å²) in [6.45, 7) is 22.8. The molecule has 539 valence electrons. The van der Waals surface area contributed by atoms with E-state index in [4.69, 9.17) is 36.6 Å². The second-order valence-electron chi connectivity index (χ2n) is 22.2. The number of hydroxylamine groups is 6. The molecule has 5 atom stereocenters. The fourth-order valence-electron chi connectivity index (χ4n) is 10.3. The zero-order valence-corrected chi connectivity index (χ0v) is 58.7. The molecular formula is C65H80B5BrN15O17. The maximum atomic E-state index is 12.0. The average molecular weight is 1480 g/mol. The van der Waals surface area contributed by atoms with E-state index in [0.29, 0.717) is 128 Å². The molecule has 4 unspecified atom stereocenters. The highest BCUT2D eigenvalue weighted by Gasteiger charge is 2.42. The zero-order valence-electron chi connectivity index (χ0n) is 57.1. The fraction of sp³-hybridized carbons (Fsp3) is 0.354. The van der Waals surface area contributed by atoms with E-state index in [1.54, 1.807) is 100 Å². The van der Waals surface area contributed by atoms with E-state index >= 15 is 0 Å². The summed E-state index contributed by atoms with van der Waals surface area (Å²) in [7, 11) is 10.9. The van der Waals surface area contributed by atoms with E-state index in [0.717, 1.165) is 47.4 Å². The standard InChI is InChI=1S/C13H17BN3O3.C12H15BN3O3.C12H13N3O3.C9H9BBrN2O2.C9H10BN2O3.C6H7BNO2.C4H9NO/c1-3-5-20-16(2)12-7-11(13-15-4-6-19-13)8-17(9-12)14-10-18;1-2-4-19-15-11-6-10(12-14-3-5-18-12)7-16(8-11)13-9-17;1-2-4-18-15-10-6-9(11-13-3-5-17-11)7-14(8-10)12(15)16;11-8-3-7(9-12-1-2-15-9)4-13(5-8)10-6-14;13-7-10-12-4-1-2-9(14,6-12)8-11-3-5-15-8;9-5-7-8-3-1-2-6(10)4-8;1-3-4-6-5-2/h3-4,6-7,10,12H,1,5,8-9H2,2H3;2-3,5-6,9,11,15H,1,4,7-8H2;2-3,5-6,10H,1,4,7-8H2;1-3,6,8H,4-5H2;1-3,5,7,14H,4,6H2;1-2,5H,3-4H2;3,5H,1,4H2,2H3/t;;10-;;;;/m..1..../s1. The van der Waals surface area contributed by atoms with Gasteiger partial charge in [0.1, 0.15) is 31.3 Å². The molecule has 12 heterocycles. The largest absolute Gasteiger partial charge is 0.446 e. The Kier molecular flexibility index (Phi) is 37.5. The van der Waals surface area contributed by atoms with E-state index < -0.39 is 5.60 Å². The first-order valence-electron chi connectivity index (χ1n) is 32.0. The molecule has 2 bridgehead atoms. The minimum absolute atomic E-state index is 0.00167. The molecule has 1 saturated heterocycles. The lowest BCUT2D eigenvalue weighted by Gasteiger charge is -2.34. The highest BCUT2D eigenvalue weighted by molar-refractivity contribution is 9.09. The van der Waals surface area contributed by atoms with E-state index in [1.807, 2.05) is 39.7 Å². The van der Waals surface area contributed by atoms with Crippen LogP contribution in [0.3, 0.4) is 0 Å². The Hall–Kier alpha value is -8.98. The van der Waals surface area contributed by atoms with Gasteiger partial charge in [0.05, 0.1) is 120 Å². The van der Waals surface area contributed by atoms with Crippen molar-refractivity contribution >= 4 is 118 Å². The first-order chi connectivity index (χ1) is 50.1. The minimum atomic E-state index is -1.25. The van der Waals surface area contributed by atoms with Gasteiger partial charge in [0.15, 0.2) is 11.4 Å². The summed E-state index contributed by atoms with van der Waals surface area (Å²) >= 11 is 3.50. The molecule has 5 aromatic rings. The Morgan fingerprint density at radius 2 is 1.09 bits per heavy atom. The number of nitrogens with zero attached hydrogens (tertiary/aromatic N) is 13. The topological polar surface area (TPSA) is 357 Å². The predicted molar refractivity (Wildman–Crippen MR) is 389 cm³/mol. The summed E-state index contributed by atoms with van der Waals surface area (Å²) in [5.74, 6) is 2.58. The van der Waals surface area contributed by atoms with Gasteiger partial charge in [-0.1, -0.05) is 70.6 Å². The van der Waals surface area contributed by atoms with Crippen LogP contribution in [0.2, 0.25) is 0 Å². The van der Waals surface area contributed by atoms with Crippen LogP contribution in [0.4, 0.5) is 4.79 Å². The zero-order chi connectivity index (χ0) is 74.0. The number of halogens is 1. The van der Waals surface area contributed by atoms with Gasteiger partial charge in [-0.25, -0.2) is 35.2 Å². The second-order valence-corrected chi connectivity index (χ2v) is 23.4. The molecule has 0 saturated carbocycles. The molecule has 0 aliphatic carbocycles. The number of fused-ring (bicyclic) bond motifs is 2. The van der Waals surface area contributed by atoms with Crippen molar-refractivity contribution in [3.8, 4) is 0 Å². The van der Waals surface area contributed by atoms with Crippen LogP contribution in [0, 0.1) is 0 Å². The number of amides is 2. The van der Waals surface area contributed by atoms with Crippen molar-refractivity contribution in [2.24, 2.45) is 0 Å². The molecule has 3 N–H and O–H groups in total. The molecule has 5 radical (unpaired) electrons. The maximum Gasteiger partial charge on any atom is 0.344 e. The van der Waals surface area contributed by atoms with Crippen LogP contribution < -0.4 is 11.0 Å². The van der Waals surface area contributed by atoms with Crippen molar-refractivity contribution in [2.75, 3.05) is 119 Å². The van der Waals surface area contributed by atoms with Crippen LogP contribution >= 0.6 is 15.9 Å². The quantitative estimate of drug-likeness (QED) is 0.0154. The first kappa shape index (κ1) is 83.0. The fourth-order valence-corrected chi connectivity index (χ4v) is 11.0. The first-order valence-corrected chi connectivity index (χ1v) is 32.9. The molecule has 7 aliphatic heterocycles. The number of hydrogen-bond acceptors (Lipinski definition) is 30. The van der Waals surface area contributed by atoms with Gasteiger partial charge >= 0.3 is 6.03 Å². The predicted octanol–water partition coefficient (Wildman–Crippen LogP) is 2.21. The van der Waals surface area contributed by atoms with Gasteiger partial charge in [0, 0.05) is 107 Å². The number of ketones is 1. The number of alkyl halides is 1. The van der Waals surface area contributed by atoms with E-state index in [1.165, 1.54) is 79.5 Å². The molecule has 2 amide bonds. The van der Waals surface area contributed by atoms with Crippen LogP contribution in [0.15, 0.2) is 184 Å². The third kappa shape index (κ3) is 28.3. The van der Waals surface area contributed by atoms with Crippen molar-refractivity contribution in [3.05, 3.63) is 191 Å². The summed E-state index contributed by atoms with van der Waals surface area (Å²) in [4.78, 5) is 127. The monoisotopic (exact) mass is 1480 g/mol. The molecule has 38 heteroatoms. The maximum absolute atomic E-state index is 12.0. The van der Waals surface area contributed by atoms with Gasteiger partial charge in [-0.05, 0) is 18.2 Å². The number of hydrogen-bond donors (Lipinski definition) is 3. The van der Waals surface area contributed by atoms with Crippen molar-refractivity contribution in [3.63, 3.8) is 0 Å². The number of urea groups is 1. The molecule has 5 aromatic heterocycles. The summed E-state index contributed by atoms with van der Waals surface area (Å²) in [6, 6.07) is -0.263. The van der Waals surface area contributed by atoms with E-state index in [-0.39, 0.29) is 47.2 Å². The smallest absolute Gasteiger partial charge is 0.344 e. The number of β-amino-alcohol motifs (C(OH)–C–C–N with tert-alkyl or cyclic N) is 1. The molecular weight excluding hydrogens is 1400 g/mol. The Morgan fingerprint density at radius 3 is 1.60 bits per heavy atom. The lowest BCUT2D eigenvalue weighted by atomic mass is 9.88. The van der Waals surface area contributed by atoms with Crippen molar-refractivity contribution in [1.29, 1.82) is 0 Å². The van der Waals surface area contributed by atoms with Gasteiger partial charge in [-0.15, -0.1) is 26.3 Å². The van der Waals surface area contributed by atoms with Crippen LogP contribution in [0.1, 0.15) is 29.5 Å². The average Bonchev–Trinajstić information content (AvgIpc) is 1.66. The summed E-state index contributed by atoms with van der Waals surface area (Å²) in [5.41, 5.74) is 7.90. The molecule has 7 aliphatic rings. The SMILES string of the molecule is C=CCON(C)C1C=C(c2ncco2)CN([B]C=O)C1.C=CCON1C(=O)N2CC(c3ncco3)=C[C@@H]1C2.C=CCONC.C=CCONC1C=C(c2ncco2)CN([B]C=O)C1.O=C[B]N1CC(c2ncco2)=CC(Br)C1.O=C[B]N1CC=CC(=O)C1.O=C[B]N1CC=CC(O)(c2ncco2)C1. The van der Waals surface area contributed by atoms with Crippen molar-refractivity contribution in [1.82, 2.24) is 75.0 Å². The number of aliphatic hydroxyl groups is 1. The van der Waals surface area contributed by atoms with E-state index in [9.17, 15) is 38.7 Å². The second kappa shape index (κ2) is 46.6. The van der Waals surface area contributed by atoms with Gasteiger partial charge in [-0.3, -0.25) is 24.1 Å². The summed E-state index contributed by atoms with van der Waals surface area (Å²) in [5, 5.41) is 13.3. The van der Waals surface area contributed by atoms with Crippen LogP contribution in [-0.2, 0) is 53.7 Å². The number of aromatic nitrogens is 5. The van der Waals surface area contributed by atoms with Crippen molar-refractivity contribution in [2.45, 2.75) is 28.6 Å². The lowest BCUT2D eigenvalue weighted by Crippen LogP contribution is -2.46. The Morgan fingerprint density at radius 1 is 0.592 bits per heavy atom. The molecule has 12 rings (SSSR count). The number of oxazole rings is 5. The third-order valence-electron chi connectivity index (χ3n) is 14.6. The number of carbonyl (C=O) groups is 7. The minimum Gasteiger partial charge on any atom is -0.446 e. The summed E-state index contributed by atoms with van der Waals surface area (Å²) in [6.07, 6.45) is 40.5. The van der Waals surface area contributed by atoms with Crippen LogP contribution in [0.5, 0.6) is 0 Å². The van der Waals surface area contributed by atoms with E-state index in [2.05, 4.69) is 89.0 Å². The molecule has 32 nitrogen and oxygen atoms in total. The Labute approximate surface area is 608 Å². The molecule has 1 fully saturated rings. The van der Waals surface area contributed by atoms with Gasteiger partial charge in [0.25, 0.3) is 37.1 Å². The van der Waals surface area contributed by atoms with Crippen LogP contribution in [0.25, 0.3) is 22.3 Å².